The van der Waals surface area contributed by atoms with Crippen LogP contribution in [0.15, 0.2) is 17.0 Å². The largest absolute Gasteiger partial charge is 0.396 e. The lowest BCUT2D eigenvalue weighted by atomic mass is 10.2. The molecular weight excluding hydrogens is 259 g/mol. The van der Waals surface area contributed by atoms with Crippen LogP contribution in [0.1, 0.15) is 12.0 Å². The van der Waals surface area contributed by atoms with E-state index in [9.17, 15) is 12.8 Å². The van der Waals surface area contributed by atoms with Crippen molar-refractivity contribution in [3.8, 4) is 0 Å². The lowest BCUT2D eigenvalue weighted by Crippen LogP contribution is -2.25. The quantitative estimate of drug-likeness (QED) is 0.600. The number of nitrogen functional groups attached to an aromatic ring is 1. The summed E-state index contributed by atoms with van der Waals surface area (Å²) in [6.07, 6.45) is 0.561. The van der Waals surface area contributed by atoms with Gasteiger partial charge in [0.05, 0.1) is 10.6 Å². The molecule has 0 spiro atoms. The van der Waals surface area contributed by atoms with E-state index in [1.54, 1.807) is 7.11 Å². The van der Waals surface area contributed by atoms with Gasteiger partial charge in [-0.25, -0.2) is 17.5 Å². The lowest BCUT2D eigenvalue weighted by Gasteiger charge is -2.09. The summed E-state index contributed by atoms with van der Waals surface area (Å²) in [4.78, 5) is -0.0312. The summed E-state index contributed by atoms with van der Waals surface area (Å²) in [5, 5.41) is 0. The Labute approximate surface area is 106 Å². The van der Waals surface area contributed by atoms with Gasteiger partial charge in [0.15, 0.2) is 0 Å². The van der Waals surface area contributed by atoms with Crippen molar-refractivity contribution in [2.75, 3.05) is 26.0 Å². The molecule has 0 amide bonds. The normalized spacial score (nSPS) is 11.7. The number of anilines is 1. The minimum absolute atomic E-state index is 0.0312. The van der Waals surface area contributed by atoms with Crippen LogP contribution in [0.5, 0.6) is 0 Å². The van der Waals surface area contributed by atoms with Gasteiger partial charge >= 0.3 is 0 Å². The average molecular weight is 276 g/mol. The number of nitrogens with one attached hydrogen (secondary N) is 1. The third-order valence-corrected chi connectivity index (χ3v) is 3.82. The van der Waals surface area contributed by atoms with E-state index in [2.05, 4.69) is 4.72 Å². The predicted molar refractivity (Wildman–Crippen MR) is 67.2 cm³/mol. The second-order valence-corrected chi connectivity index (χ2v) is 5.65. The van der Waals surface area contributed by atoms with Crippen LogP contribution in [0.3, 0.4) is 0 Å². The van der Waals surface area contributed by atoms with Crippen molar-refractivity contribution >= 4 is 15.7 Å². The Morgan fingerprint density at radius 3 is 2.67 bits per heavy atom. The van der Waals surface area contributed by atoms with Crippen molar-refractivity contribution in [2.45, 2.75) is 18.2 Å². The van der Waals surface area contributed by atoms with Crippen LogP contribution in [0.25, 0.3) is 0 Å². The number of rotatable bonds is 6. The fourth-order valence-electron chi connectivity index (χ4n) is 1.42. The van der Waals surface area contributed by atoms with Gasteiger partial charge < -0.3 is 10.5 Å². The number of nitrogens with two attached hydrogens (primary N) is 1. The molecular formula is C11H17FN2O3S. The highest BCUT2D eigenvalue weighted by molar-refractivity contribution is 7.89. The van der Waals surface area contributed by atoms with E-state index in [4.69, 9.17) is 10.5 Å². The zero-order valence-corrected chi connectivity index (χ0v) is 11.2. The summed E-state index contributed by atoms with van der Waals surface area (Å²) in [6.45, 7) is 2.19. The minimum Gasteiger partial charge on any atom is -0.396 e. The van der Waals surface area contributed by atoms with E-state index in [0.717, 1.165) is 6.07 Å². The molecule has 18 heavy (non-hydrogen) atoms. The molecule has 0 saturated heterocycles. The van der Waals surface area contributed by atoms with E-state index in [0.29, 0.717) is 13.0 Å². The molecule has 3 N–H and O–H groups in total. The standard InChI is InChI=1S/C11H17FN2O3S/c1-8-6-9(7-10(13)11(8)12)18(15,16)14-4-3-5-17-2/h6-7,14H,3-5,13H2,1-2H3. The summed E-state index contributed by atoms with van der Waals surface area (Å²) in [5.41, 5.74) is 5.43. The Hall–Kier alpha value is -1.18. The van der Waals surface area contributed by atoms with Gasteiger partial charge in [-0.1, -0.05) is 0 Å². The van der Waals surface area contributed by atoms with Gasteiger partial charge in [0.25, 0.3) is 0 Å². The Morgan fingerprint density at radius 2 is 2.11 bits per heavy atom. The summed E-state index contributed by atoms with van der Waals surface area (Å²) in [6, 6.07) is 2.37. The molecule has 0 aliphatic heterocycles. The fourth-order valence-corrected chi connectivity index (χ4v) is 2.62. The van der Waals surface area contributed by atoms with Gasteiger partial charge in [0.2, 0.25) is 10.0 Å². The predicted octanol–water partition coefficient (Wildman–Crippen LogP) is 1.03. The van der Waals surface area contributed by atoms with Gasteiger partial charge in [-0.05, 0) is 31.0 Å². The SMILES string of the molecule is COCCCNS(=O)(=O)c1cc(C)c(F)c(N)c1. The molecule has 7 heteroatoms. The van der Waals surface area contributed by atoms with Gasteiger partial charge in [-0.2, -0.15) is 0 Å². The van der Waals surface area contributed by atoms with Crippen molar-refractivity contribution in [1.29, 1.82) is 0 Å². The smallest absolute Gasteiger partial charge is 0.240 e. The highest BCUT2D eigenvalue weighted by Crippen LogP contribution is 2.20. The maximum absolute atomic E-state index is 13.3. The molecule has 0 aliphatic rings. The summed E-state index contributed by atoms with van der Waals surface area (Å²) < 4.78 is 44.3. The number of ether oxygens (including phenoxy) is 1. The first-order valence-corrected chi connectivity index (χ1v) is 6.91. The first kappa shape index (κ1) is 14.9. The number of halogens is 1. The average Bonchev–Trinajstić information content (AvgIpc) is 2.31. The topological polar surface area (TPSA) is 81.4 Å². The zero-order chi connectivity index (χ0) is 13.8. The van der Waals surface area contributed by atoms with Crippen molar-refractivity contribution < 1.29 is 17.5 Å². The number of hydrogen-bond acceptors (Lipinski definition) is 4. The molecule has 102 valence electrons. The molecule has 0 unspecified atom stereocenters. The van der Waals surface area contributed by atoms with Crippen LogP contribution in [0, 0.1) is 12.7 Å². The van der Waals surface area contributed by atoms with Crippen LogP contribution in [0.4, 0.5) is 10.1 Å². The van der Waals surface area contributed by atoms with E-state index in [1.807, 2.05) is 0 Å². The Bertz CT molecular complexity index is 494. The van der Waals surface area contributed by atoms with E-state index < -0.39 is 15.8 Å². The highest BCUT2D eigenvalue weighted by Gasteiger charge is 2.16. The molecule has 0 radical (unpaired) electrons. The van der Waals surface area contributed by atoms with Gasteiger partial charge in [0, 0.05) is 20.3 Å². The molecule has 0 fully saturated rings. The molecule has 5 nitrogen and oxygen atoms in total. The highest BCUT2D eigenvalue weighted by atomic mass is 32.2. The Morgan fingerprint density at radius 1 is 1.44 bits per heavy atom. The molecule has 1 aromatic rings. The molecule has 0 atom stereocenters. The molecule has 1 rings (SSSR count). The molecule has 0 aliphatic carbocycles. The van der Waals surface area contributed by atoms with Crippen LogP contribution in [0.2, 0.25) is 0 Å². The molecule has 1 aromatic carbocycles. The van der Waals surface area contributed by atoms with E-state index in [1.165, 1.54) is 13.0 Å². The van der Waals surface area contributed by atoms with Crippen molar-refractivity contribution in [3.63, 3.8) is 0 Å². The van der Waals surface area contributed by atoms with Crippen molar-refractivity contribution in [3.05, 3.63) is 23.5 Å². The number of aryl methyl sites for hydroxylation is 1. The number of hydrogen-bond donors (Lipinski definition) is 2. The molecule has 0 heterocycles. The maximum Gasteiger partial charge on any atom is 0.240 e. The molecule has 0 saturated carbocycles. The first-order chi connectivity index (χ1) is 8.38. The Kier molecular flexibility index (Phi) is 5.06. The fraction of sp³-hybridized carbons (Fsp3) is 0.455. The van der Waals surface area contributed by atoms with E-state index in [-0.39, 0.29) is 22.7 Å². The van der Waals surface area contributed by atoms with Crippen LogP contribution < -0.4 is 10.5 Å². The number of benzene rings is 1. The maximum atomic E-state index is 13.3. The molecule has 0 bridgehead atoms. The van der Waals surface area contributed by atoms with Gasteiger partial charge in [-0.15, -0.1) is 0 Å². The van der Waals surface area contributed by atoms with Gasteiger partial charge in [0.1, 0.15) is 5.82 Å². The second kappa shape index (κ2) is 6.12. The summed E-state index contributed by atoms with van der Waals surface area (Å²) >= 11 is 0. The molecule has 0 aromatic heterocycles. The lowest BCUT2D eigenvalue weighted by molar-refractivity contribution is 0.196. The second-order valence-electron chi connectivity index (χ2n) is 3.89. The van der Waals surface area contributed by atoms with Crippen LogP contribution in [-0.4, -0.2) is 28.7 Å². The minimum atomic E-state index is -3.65. The van der Waals surface area contributed by atoms with Crippen LogP contribution >= 0.6 is 0 Å². The van der Waals surface area contributed by atoms with Crippen LogP contribution in [-0.2, 0) is 14.8 Å². The third kappa shape index (κ3) is 3.66. The third-order valence-electron chi connectivity index (χ3n) is 2.38. The van der Waals surface area contributed by atoms with Crippen molar-refractivity contribution in [1.82, 2.24) is 4.72 Å². The monoisotopic (exact) mass is 276 g/mol. The zero-order valence-electron chi connectivity index (χ0n) is 10.4. The number of sulfonamides is 1. The first-order valence-electron chi connectivity index (χ1n) is 5.42. The Balaban J connectivity index is 2.85. The van der Waals surface area contributed by atoms with E-state index >= 15 is 0 Å². The van der Waals surface area contributed by atoms with Crippen molar-refractivity contribution in [2.24, 2.45) is 0 Å². The summed E-state index contributed by atoms with van der Waals surface area (Å²) in [5.74, 6) is -0.590. The van der Waals surface area contributed by atoms with Gasteiger partial charge in [-0.3, -0.25) is 0 Å². The summed E-state index contributed by atoms with van der Waals surface area (Å²) in [7, 11) is -2.11. The number of methoxy groups -OCH3 is 1.